The first-order valence-corrected chi connectivity index (χ1v) is 7.63. The summed E-state index contributed by atoms with van der Waals surface area (Å²) < 4.78 is 0. The summed E-state index contributed by atoms with van der Waals surface area (Å²) in [5.74, 6) is -0.291. The van der Waals surface area contributed by atoms with E-state index in [1.807, 2.05) is 67.6 Å². The summed E-state index contributed by atoms with van der Waals surface area (Å²) in [4.78, 5) is 14.0. The monoisotopic (exact) mass is 295 g/mol. The Morgan fingerprint density at radius 3 is 1.82 bits per heavy atom. The van der Waals surface area contributed by atoms with Crippen LogP contribution >= 0.6 is 0 Å². The smallest absolute Gasteiger partial charge is 0.225 e. The average Bonchev–Trinajstić information content (AvgIpc) is 2.83. The number of carbonyl (C=O) groups is 1. The maximum absolute atomic E-state index is 12.2. The van der Waals surface area contributed by atoms with Crippen molar-refractivity contribution in [1.82, 2.24) is 4.90 Å². The minimum absolute atomic E-state index is 0.0929. The molecule has 0 bridgehead atoms. The van der Waals surface area contributed by atoms with Gasteiger partial charge >= 0.3 is 0 Å². The maximum atomic E-state index is 12.2. The van der Waals surface area contributed by atoms with E-state index in [-0.39, 0.29) is 17.7 Å². The summed E-state index contributed by atoms with van der Waals surface area (Å²) in [6, 6.07) is 19.3. The second-order valence-electron chi connectivity index (χ2n) is 6.11. The summed E-state index contributed by atoms with van der Waals surface area (Å²) in [6.07, 6.45) is 0. The molecular formula is C19H21NO2. The molecule has 0 aliphatic carbocycles. The predicted octanol–water partition coefficient (Wildman–Crippen LogP) is 2.65. The van der Waals surface area contributed by atoms with Crippen LogP contribution < -0.4 is 0 Å². The lowest BCUT2D eigenvalue weighted by molar-refractivity contribution is -0.130. The zero-order chi connectivity index (χ0) is 15.7. The van der Waals surface area contributed by atoms with E-state index in [0.29, 0.717) is 6.54 Å². The standard InChI is InChI=1S/C19H21NO2/c1-14-17(13-20(2)18(14)21)19(22,15-9-5-3-6-10-15)16-11-7-4-8-12-16/h3-12,14,17,22H,13H2,1-2H3. The number of hydrogen-bond acceptors (Lipinski definition) is 2. The SMILES string of the molecule is CC1C(=O)N(C)CC1C(O)(c1ccccc1)c1ccccc1. The Morgan fingerprint density at radius 2 is 1.45 bits per heavy atom. The third-order valence-electron chi connectivity index (χ3n) is 4.80. The van der Waals surface area contributed by atoms with E-state index in [1.165, 1.54) is 0 Å². The number of hydrogen-bond donors (Lipinski definition) is 1. The van der Waals surface area contributed by atoms with Crippen molar-refractivity contribution in [2.45, 2.75) is 12.5 Å². The minimum Gasteiger partial charge on any atom is -0.380 e. The molecule has 22 heavy (non-hydrogen) atoms. The van der Waals surface area contributed by atoms with E-state index < -0.39 is 5.60 Å². The molecule has 1 aliphatic heterocycles. The molecule has 0 radical (unpaired) electrons. The van der Waals surface area contributed by atoms with Gasteiger partial charge in [-0.1, -0.05) is 67.6 Å². The highest BCUT2D eigenvalue weighted by molar-refractivity contribution is 5.81. The molecular weight excluding hydrogens is 274 g/mol. The molecule has 1 aliphatic rings. The van der Waals surface area contributed by atoms with Crippen molar-refractivity contribution >= 4 is 5.91 Å². The van der Waals surface area contributed by atoms with E-state index in [4.69, 9.17) is 0 Å². The number of nitrogens with zero attached hydrogens (tertiary/aromatic N) is 1. The molecule has 1 amide bonds. The topological polar surface area (TPSA) is 40.5 Å². The summed E-state index contributed by atoms with van der Waals surface area (Å²) in [7, 11) is 1.80. The van der Waals surface area contributed by atoms with E-state index in [1.54, 1.807) is 11.9 Å². The molecule has 0 saturated carbocycles. The molecule has 114 valence electrons. The first-order chi connectivity index (χ1) is 10.5. The van der Waals surface area contributed by atoms with Crippen molar-refractivity contribution in [3.05, 3.63) is 71.8 Å². The zero-order valence-corrected chi connectivity index (χ0v) is 12.9. The minimum atomic E-state index is -1.16. The molecule has 3 heteroatoms. The Morgan fingerprint density at radius 1 is 1.00 bits per heavy atom. The normalized spacial score (nSPS) is 22.1. The average molecular weight is 295 g/mol. The van der Waals surface area contributed by atoms with Crippen molar-refractivity contribution < 1.29 is 9.90 Å². The van der Waals surface area contributed by atoms with Gasteiger partial charge in [0, 0.05) is 25.4 Å². The quantitative estimate of drug-likeness (QED) is 0.945. The van der Waals surface area contributed by atoms with Crippen LogP contribution in [0.15, 0.2) is 60.7 Å². The van der Waals surface area contributed by atoms with Crippen LogP contribution in [-0.4, -0.2) is 29.5 Å². The van der Waals surface area contributed by atoms with Crippen LogP contribution in [0.5, 0.6) is 0 Å². The molecule has 2 atom stereocenters. The largest absolute Gasteiger partial charge is 0.380 e. The van der Waals surface area contributed by atoms with Gasteiger partial charge < -0.3 is 10.0 Å². The van der Waals surface area contributed by atoms with Crippen LogP contribution in [0.25, 0.3) is 0 Å². The number of carbonyl (C=O) groups excluding carboxylic acids is 1. The molecule has 0 aromatic heterocycles. The van der Waals surface area contributed by atoms with Gasteiger partial charge in [0.15, 0.2) is 0 Å². The Bertz CT molecular complexity index is 614. The number of benzene rings is 2. The second kappa shape index (κ2) is 5.58. The van der Waals surface area contributed by atoms with E-state index >= 15 is 0 Å². The number of likely N-dealkylation sites (tertiary alicyclic amines) is 1. The summed E-state index contributed by atoms with van der Waals surface area (Å²) in [5, 5.41) is 11.7. The van der Waals surface area contributed by atoms with Gasteiger partial charge in [-0.15, -0.1) is 0 Å². The highest BCUT2D eigenvalue weighted by Gasteiger charge is 2.49. The summed E-state index contributed by atoms with van der Waals surface area (Å²) >= 11 is 0. The molecule has 1 heterocycles. The molecule has 2 aromatic rings. The van der Waals surface area contributed by atoms with Crippen LogP contribution in [0.1, 0.15) is 18.1 Å². The number of amides is 1. The van der Waals surface area contributed by atoms with Gasteiger partial charge in [-0.3, -0.25) is 4.79 Å². The highest BCUT2D eigenvalue weighted by Crippen LogP contribution is 2.43. The molecule has 3 rings (SSSR count). The van der Waals surface area contributed by atoms with Crippen LogP contribution in [0.4, 0.5) is 0 Å². The fraction of sp³-hybridized carbons (Fsp3) is 0.316. The molecule has 2 aromatic carbocycles. The van der Waals surface area contributed by atoms with Gasteiger partial charge in [0.25, 0.3) is 0 Å². The molecule has 0 spiro atoms. The van der Waals surface area contributed by atoms with Crippen molar-refractivity contribution in [1.29, 1.82) is 0 Å². The maximum Gasteiger partial charge on any atom is 0.225 e. The molecule has 2 unspecified atom stereocenters. The van der Waals surface area contributed by atoms with E-state index in [0.717, 1.165) is 11.1 Å². The second-order valence-corrected chi connectivity index (χ2v) is 6.11. The Labute approximate surface area is 131 Å². The van der Waals surface area contributed by atoms with E-state index in [9.17, 15) is 9.90 Å². The van der Waals surface area contributed by atoms with Crippen LogP contribution in [0.3, 0.4) is 0 Å². The highest BCUT2D eigenvalue weighted by atomic mass is 16.3. The summed E-state index contributed by atoms with van der Waals surface area (Å²) in [6.45, 7) is 2.47. The van der Waals surface area contributed by atoms with Crippen molar-refractivity contribution in [3.63, 3.8) is 0 Å². The van der Waals surface area contributed by atoms with Crippen LogP contribution in [0, 0.1) is 11.8 Å². The fourth-order valence-corrected chi connectivity index (χ4v) is 3.54. The third kappa shape index (κ3) is 2.22. The first kappa shape index (κ1) is 14.8. The van der Waals surface area contributed by atoms with Gasteiger partial charge in [-0.25, -0.2) is 0 Å². The predicted molar refractivity (Wildman–Crippen MR) is 86.2 cm³/mol. The van der Waals surface area contributed by atoms with E-state index in [2.05, 4.69) is 0 Å². The van der Waals surface area contributed by atoms with Gasteiger partial charge in [0.1, 0.15) is 5.60 Å². The van der Waals surface area contributed by atoms with Gasteiger partial charge in [0.2, 0.25) is 5.91 Å². The zero-order valence-electron chi connectivity index (χ0n) is 12.9. The van der Waals surface area contributed by atoms with Gasteiger partial charge in [-0.2, -0.15) is 0 Å². The number of rotatable bonds is 3. The van der Waals surface area contributed by atoms with Crippen LogP contribution in [0.2, 0.25) is 0 Å². The molecule has 3 nitrogen and oxygen atoms in total. The van der Waals surface area contributed by atoms with Crippen molar-refractivity contribution in [2.75, 3.05) is 13.6 Å². The third-order valence-corrected chi connectivity index (χ3v) is 4.80. The molecule has 1 N–H and O–H groups in total. The number of aliphatic hydroxyl groups is 1. The lowest BCUT2D eigenvalue weighted by atomic mass is 9.72. The van der Waals surface area contributed by atoms with Crippen molar-refractivity contribution in [2.24, 2.45) is 11.8 Å². The Hall–Kier alpha value is -2.13. The lowest BCUT2D eigenvalue weighted by Gasteiger charge is -2.36. The van der Waals surface area contributed by atoms with Gasteiger partial charge in [0.05, 0.1) is 0 Å². The Balaban J connectivity index is 2.15. The van der Waals surface area contributed by atoms with Crippen molar-refractivity contribution in [3.8, 4) is 0 Å². The molecule has 1 fully saturated rings. The van der Waals surface area contributed by atoms with Gasteiger partial charge in [-0.05, 0) is 11.1 Å². The molecule has 1 saturated heterocycles. The summed E-state index contributed by atoms with van der Waals surface area (Å²) in [5.41, 5.74) is 0.504. The first-order valence-electron chi connectivity index (χ1n) is 7.63. The lowest BCUT2D eigenvalue weighted by Crippen LogP contribution is -2.40. The van der Waals surface area contributed by atoms with Crippen LogP contribution in [-0.2, 0) is 10.4 Å². The Kier molecular flexibility index (Phi) is 3.75. The fourth-order valence-electron chi connectivity index (χ4n) is 3.54.